The van der Waals surface area contributed by atoms with Gasteiger partial charge in [-0.3, -0.25) is 4.79 Å². The third-order valence-electron chi connectivity index (χ3n) is 3.57. The molecule has 0 aliphatic carbocycles. The summed E-state index contributed by atoms with van der Waals surface area (Å²) in [5, 5.41) is 9.60. The second-order valence-electron chi connectivity index (χ2n) is 4.51. The lowest BCUT2D eigenvalue weighted by atomic mass is 9.98. The molecule has 2 saturated heterocycles. The van der Waals surface area contributed by atoms with Crippen molar-refractivity contribution in [1.29, 1.82) is 0 Å². The van der Waals surface area contributed by atoms with E-state index in [2.05, 4.69) is 0 Å². The summed E-state index contributed by atoms with van der Waals surface area (Å²) in [5.41, 5.74) is 0. The first kappa shape index (κ1) is 12.3. The van der Waals surface area contributed by atoms with E-state index >= 15 is 0 Å². The highest BCUT2D eigenvalue weighted by Gasteiger charge is 2.50. The first-order chi connectivity index (χ1) is 8.08. The van der Waals surface area contributed by atoms with Crippen molar-refractivity contribution in [2.24, 2.45) is 0 Å². The van der Waals surface area contributed by atoms with Crippen LogP contribution in [0.4, 0.5) is 0 Å². The first-order valence-corrected chi connectivity index (χ1v) is 5.68. The van der Waals surface area contributed by atoms with Gasteiger partial charge in [-0.1, -0.05) is 0 Å². The van der Waals surface area contributed by atoms with Crippen molar-refractivity contribution in [1.82, 2.24) is 4.90 Å². The highest BCUT2D eigenvalue weighted by molar-refractivity contribution is 5.86. The Bertz CT molecular complexity index is 332. The standard InChI is InChI=1S/C11H17NO5/c1-16-9-5-8(11(15)17-2)12-7(9)3-6(13)4-10(12)14/h6-9,13H,3-5H2,1-2H3. The quantitative estimate of drug-likeness (QED) is 0.649. The summed E-state index contributed by atoms with van der Waals surface area (Å²) in [6.45, 7) is 0. The number of ether oxygens (including phenoxy) is 2. The molecule has 0 aromatic rings. The van der Waals surface area contributed by atoms with Gasteiger partial charge in [0.2, 0.25) is 5.91 Å². The Morgan fingerprint density at radius 1 is 1.41 bits per heavy atom. The minimum atomic E-state index is -0.641. The molecule has 2 heterocycles. The Morgan fingerprint density at radius 2 is 2.12 bits per heavy atom. The van der Waals surface area contributed by atoms with E-state index in [-0.39, 0.29) is 24.5 Å². The average Bonchev–Trinajstić information content (AvgIpc) is 2.66. The van der Waals surface area contributed by atoms with E-state index in [1.807, 2.05) is 0 Å². The van der Waals surface area contributed by atoms with Crippen LogP contribution in [0.2, 0.25) is 0 Å². The molecule has 0 aromatic heterocycles. The van der Waals surface area contributed by atoms with Gasteiger partial charge in [0, 0.05) is 13.5 Å². The van der Waals surface area contributed by atoms with Gasteiger partial charge in [0.05, 0.1) is 31.8 Å². The van der Waals surface area contributed by atoms with E-state index in [0.29, 0.717) is 12.8 Å². The van der Waals surface area contributed by atoms with E-state index in [4.69, 9.17) is 9.47 Å². The molecule has 6 heteroatoms. The maximum Gasteiger partial charge on any atom is 0.328 e. The fourth-order valence-electron chi connectivity index (χ4n) is 2.79. The molecule has 6 nitrogen and oxygen atoms in total. The van der Waals surface area contributed by atoms with Crippen LogP contribution in [0.5, 0.6) is 0 Å². The molecule has 0 spiro atoms. The van der Waals surface area contributed by atoms with E-state index in [1.165, 1.54) is 12.0 Å². The largest absolute Gasteiger partial charge is 0.467 e. The van der Waals surface area contributed by atoms with Crippen molar-refractivity contribution >= 4 is 11.9 Å². The number of carbonyl (C=O) groups excluding carboxylic acids is 2. The molecule has 2 fully saturated rings. The van der Waals surface area contributed by atoms with Gasteiger partial charge in [-0.2, -0.15) is 0 Å². The molecule has 96 valence electrons. The summed E-state index contributed by atoms with van der Waals surface area (Å²) < 4.78 is 9.99. The molecule has 0 bridgehead atoms. The van der Waals surface area contributed by atoms with Crippen LogP contribution in [0.15, 0.2) is 0 Å². The van der Waals surface area contributed by atoms with Gasteiger partial charge in [-0.25, -0.2) is 4.79 Å². The van der Waals surface area contributed by atoms with Crippen LogP contribution in [0.3, 0.4) is 0 Å². The lowest BCUT2D eigenvalue weighted by molar-refractivity contribution is -0.156. The maximum atomic E-state index is 11.9. The molecular formula is C11H17NO5. The fourth-order valence-corrected chi connectivity index (χ4v) is 2.79. The number of hydrogen-bond acceptors (Lipinski definition) is 5. The summed E-state index contributed by atoms with van der Waals surface area (Å²) in [4.78, 5) is 25.0. The van der Waals surface area contributed by atoms with Gasteiger partial charge in [0.15, 0.2) is 0 Å². The van der Waals surface area contributed by atoms with Gasteiger partial charge in [0.25, 0.3) is 0 Å². The first-order valence-electron chi connectivity index (χ1n) is 5.68. The van der Waals surface area contributed by atoms with Gasteiger partial charge in [0.1, 0.15) is 6.04 Å². The van der Waals surface area contributed by atoms with Crippen LogP contribution in [0.25, 0.3) is 0 Å². The molecular weight excluding hydrogens is 226 g/mol. The molecule has 1 amide bonds. The number of aliphatic hydroxyl groups is 1. The zero-order valence-electron chi connectivity index (χ0n) is 9.96. The zero-order valence-corrected chi connectivity index (χ0v) is 9.96. The number of aliphatic hydroxyl groups excluding tert-OH is 1. The normalized spacial score (nSPS) is 36.9. The van der Waals surface area contributed by atoms with Crippen molar-refractivity contribution in [3.05, 3.63) is 0 Å². The highest BCUT2D eigenvalue weighted by atomic mass is 16.5. The summed E-state index contributed by atoms with van der Waals surface area (Å²) in [5.74, 6) is -0.622. The molecule has 4 atom stereocenters. The van der Waals surface area contributed by atoms with Crippen molar-refractivity contribution in [2.45, 2.75) is 43.6 Å². The Kier molecular flexibility index (Phi) is 3.35. The number of amides is 1. The summed E-state index contributed by atoms with van der Waals surface area (Å²) in [7, 11) is 2.86. The summed E-state index contributed by atoms with van der Waals surface area (Å²) >= 11 is 0. The Balaban J connectivity index is 2.23. The number of rotatable bonds is 2. The van der Waals surface area contributed by atoms with Crippen LogP contribution in [0.1, 0.15) is 19.3 Å². The zero-order chi connectivity index (χ0) is 12.6. The van der Waals surface area contributed by atoms with Crippen LogP contribution >= 0.6 is 0 Å². The molecule has 0 saturated carbocycles. The van der Waals surface area contributed by atoms with Crippen molar-refractivity contribution in [2.75, 3.05) is 14.2 Å². The number of carbonyl (C=O) groups is 2. The monoisotopic (exact) mass is 243 g/mol. The van der Waals surface area contributed by atoms with E-state index in [1.54, 1.807) is 7.11 Å². The van der Waals surface area contributed by atoms with Crippen LogP contribution < -0.4 is 0 Å². The molecule has 2 rings (SSSR count). The van der Waals surface area contributed by atoms with Gasteiger partial charge in [-0.05, 0) is 6.42 Å². The predicted octanol–water partition coefficient (Wildman–Crippen LogP) is -0.701. The van der Waals surface area contributed by atoms with Crippen molar-refractivity contribution in [3.8, 4) is 0 Å². The number of fused-ring (bicyclic) bond motifs is 1. The molecule has 0 aromatic carbocycles. The second kappa shape index (κ2) is 4.62. The predicted molar refractivity (Wildman–Crippen MR) is 57.1 cm³/mol. The average molecular weight is 243 g/mol. The summed E-state index contributed by atoms with van der Waals surface area (Å²) in [6, 6.07) is -0.796. The van der Waals surface area contributed by atoms with Gasteiger partial charge in [-0.15, -0.1) is 0 Å². The SMILES string of the molecule is COC(=O)C1CC(OC)C2CC(O)CC(=O)N12. The van der Waals surface area contributed by atoms with Crippen molar-refractivity contribution in [3.63, 3.8) is 0 Å². The maximum absolute atomic E-state index is 11.9. The smallest absolute Gasteiger partial charge is 0.328 e. The van der Waals surface area contributed by atoms with Crippen LogP contribution in [0, 0.1) is 0 Å². The number of methoxy groups -OCH3 is 2. The second-order valence-corrected chi connectivity index (χ2v) is 4.51. The molecule has 2 aliphatic heterocycles. The molecule has 1 N–H and O–H groups in total. The Hall–Kier alpha value is -1.14. The van der Waals surface area contributed by atoms with E-state index < -0.39 is 18.1 Å². The van der Waals surface area contributed by atoms with E-state index in [9.17, 15) is 14.7 Å². The lowest BCUT2D eigenvalue weighted by Gasteiger charge is -2.36. The van der Waals surface area contributed by atoms with Crippen LogP contribution in [-0.4, -0.2) is 60.4 Å². The third-order valence-corrected chi connectivity index (χ3v) is 3.57. The van der Waals surface area contributed by atoms with Crippen LogP contribution in [-0.2, 0) is 19.1 Å². The molecule has 17 heavy (non-hydrogen) atoms. The minimum Gasteiger partial charge on any atom is -0.467 e. The molecule has 2 aliphatic rings. The number of hydrogen-bond donors (Lipinski definition) is 1. The Morgan fingerprint density at radius 3 is 2.71 bits per heavy atom. The summed E-state index contributed by atoms with van der Waals surface area (Å²) in [6.07, 6.45) is 0.112. The minimum absolute atomic E-state index is 0.0699. The third kappa shape index (κ3) is 2.02. The fraction of sp³-hybridized carbons (Fsp3) is 0.818. The lowest BCUT2D eigenvalue weighted by Crippen LogP contribution is -2.52. The van der Waals surface area contributed by atoms with E-state index in [0.717, 1.165) is 0 Å². The van der Waals surface area contributed by atoms with Gasteiger partial charge < -0.3 is 19.5 Å². The van der Waals surface area contributed by atoms with Crippen molar-refractivity contribution < 1.29 is 24.2 Å². The van der Waals surface area contributed by atoms with Gasteiger partial charge >= 0.3 is 5.97 Å². The molecule has 4 unspecified atom stereocenters. The number of esters is 1. The number of nitrogens with zero attached hydrogens (tertiary/aromatic N) is 1. The highest BCUT2D eigenvalue weighted by Crippen LogP contribution is 2.34. The molecule has 0 radical (unpaired) electrons. The topological polar surface area (TPSA) is 76.1 Å². The number of piperidine rings is 1. The Labute approximate surface area is 99.5 Å².